The Kier molecular flexibility index (Phi) is 4.10. The molecule has 0 saturated heterocycles. The van der Waals surface area contributed by atoms with Gasteiger partial charge < -0.3 is 4.40 Å². The lowest BCUT2D eigenvalue weighted by Crippen LogP contribution is -1.93. The number of carbonyl (C=O) groups excluding carboxylic acids is 1. The summed E-state index contributed by atoms with van der Waals surface area (Å²) in [4.78, 5) is 20.6. The maximum atomic E-state index is 11.9. The molecule has 3 heterocycles. The molecule has 0 amide bonds. The van der Waals surface area contributed by atoms with E-state index < -0.39 is 0 Å². The zero-order chi connectivity index (χ0) is 15.4. The Morgan fingerprint density at radius 3 is 2.95 bits per heavy atom. The number of nitrogens with zero attached hydrogens (tertiary/aromatic N) is 3. The largest absolute Gasteiger partial charge is 0.306 e. The fourth-order valence-electron chi connectivity index (χ4n) is 2.29. The van der Waals surface area contributed by atoms with Crippen LogP contribution in [0.4, 0.5) is 0 Å². The van der Waals surface area contributed by atoms with Crippen molar-refractivity contribution in [3.63, 3.8) is 0 Å². The third-order valence-electron chi connectivity index (χ3n) is 3.52. The van der Waals surface area contributed by atoms with Gasteiger partial charge in [-0.2, -0.15) is 0 Å². The standard InChI is InChI=1S/C18H17N3O/c1-14-5-4-11-19-17(14)10-9-16(22)8-7-15-13-21-12-3-2-6-18(21)20-15/h2-3,6-13H,4-5H2,1H3/b8-7+,10-9+. The lowest BCUT2D eigenvalue weighted by molar-refractivity contribution is -0.110. The summed E-state index contributed by atoms with van der Waals surface area (Å²) in [6.07, 6.45) is 14.3. The molecule has 110 valence electrons. The number of hydrogen-bond acceptors (Lipinski definition) is 3. The minimum atomic E-state index is -0.0712. The number of rotatable bonds is 4. The maximum Gasteiger partial charge on any atom is 0.178 e. The first-order valence-corrected chi connectivity index (χ1v) is 7.28. The van der Waals surface area contributed by atoms with Crippen LogP contribution < -0.4 is 0 Å². The van der Waals surface area contributed by atoms with Crippen molar-refractivity contribution in [2.75, 3.05) is 0 Å². The summed E-state index contributed by atoms with van der Waals surface area (Å²) >= 11 is 0. The van der Waals surface area contributed by atoms with Crippen LogP contribution in [0.5, 0.6) is 0 Å². The van der Waals surface area contributed by atoms with Crippen LogP contribution in [0.2, 0.25) is 0 Å². The quantitative estimate of drug-likeness (QED) is 0.808. The first-order chi connectivity index (χ1) is 10.7. The van der Waals surface area contributed by atoms with Crippen molar-refractivity contribution < 1.29 is 4.79 Å². The molecule has 2 aromatic heterocycles. The van der Waals surface area contributed by atoms with Crippen LogP contribution in [0.15, 0.2) is 65.1 Å². The van der Waals surface area contributed by atoms with E-state index in [4.69, 9.17) is 0 Å². The summed E-state index contributed by atoms with van der Waals surface area (Å²) in [5.41, 5.74) is 3.73. The van der Waals surface area contributed by atoms with Crippen molar-refractivity contribution in [1.29, 1.82) is 0 Å². The van der Waals surface area contributed by atoms with E-state index in [0.29, 0.717) is 0 Å². The zero-order valence-electron chi connectivity index (χ0n) is 12.4. The molecule has 0 atom stereocenters. The molecule has 2 aromatic rings. The molecule has 4 nitrogen and oxygen atoms in total. The second kappa shape index (κ2) is 6.35. The Hall–Kier alpha value is -2.75. The van der Waals surface area contributed by atoms with Crippen molar-refractivity contribution in [3.05, 3.63) is 65.8 Å². The summed E-state index contributed by atoms with van der Waals surface area (Å²) < 4.78 is 1.92. The monoisotopic (exact) mass is 291 g/mol. The molecular formula is C18H17N3O. The van der Waals surface area contributed by atoms with E-state index in [0.717, 1.165) is 29.9 Å². The predicted octanol–water partition coefficient (Wildman–Crippen LogP) is 3.61. The molecular weight excluding hydrogens is 274 g/mol. The van der Waals surface area contributed by atoms with Gasteiger partial charge in [0.05, 0.1) is 11.4 Å². The van der Waals surface area contributed by atoms with Gasteiger partial charge in [0.25, 0.3) is 0 Å². The fourth-order valence-corrected chi connectivity index (χ4v) is 2.29. The smallest absolute Gasteiger partial charge is 0.178 e. The van der Waals surface area contributed by atoms with E-state index in [-0.39, 0.29) is 5.78 Å². The zero-order valence-corrected chi connectivity index (χ0v) is 12.4. The third-order valence-corrected chi connectivity index (χ3v) is 3.52. The molecule has 0 radical (unpaired) electrons. The number of allylic oxidation sites excluding steroid dienone is 4. The van der Waals surface area contributed by atoms with Gasteiger partial charge in [-0.25, -0.2) is 4.98 Å². The van der Waals surface area contributed by atoms with E-state index in [1.807, 2.05) is 48.1 Å². The van der Waals surface area contributed by atoms with E-state index >= 15 is 0 Å². The van der Waals surface area contributed by atoms with Gasteiger partial charge in [-0.05, 0) is 61.8 Å². The molecule has 0 saturated carbocycles. The highest BCUT2D eigenvalue weighted by molar-refractivity contribution is 6.02. The Bertz CT molecular complexity index is 789. The highest BCUT2D eigenvalue weighted by Gasteiger charge is 2.02. The van der Waals surface area contributed by atoms with Crippen molar-refractivity contribution in [1.82, 2.24) is 9.38 Å². The SMILES string of the molecule is CC1=C(/C=C/C(=O)/C=C/c2cn3ccccc3n2)N=CCC1. The third kappa shape index (κ3) is 3.28. The van der Waals surface area contributed by atoms with Crippen molar-refractivity contribution >= 4 is 23.7 Å². The number of aromatic nitrogens is 2. The van der Waals surface area contributed by atoms with Gasteiger partial charge in [-0.3, -0.25) is 9.79 Å². The highest BCUT2D eigenvalue weighted by Crippen LogP contribution is 2.16. The van der Waals surface area contributed by atoms with Gasteiger partial charge in [0.2, 0.25) is 0 Å². The number of fused-ring (bicyclic) bond motifs is 1. The van der Waals surface area contributed by atoms with Gasteiger partial charge in [0.15, 0.2) is 5.78 Å². The van der Waals surface area contributed by atoms with Gasteiger partial charge in [-0.1, -0.05) is 6.07 Å². The van der Waals surface area contributed by atoms with Gasteiger partial charge in [-0.15, -0.1) is 0 Å². The Labute approximate surface area is 129 Å². The molecule has 1 aliphatic rings. The topological polar surface area (TPSA) is 46.7 Å². The highest BCUT2D eigenvalue weighted by atomic mass is 16.1. The minimum Gasteiger partial charge on any atom is -0.306 e. The average molecular weight is 291 g/mol. The van der Waals surface area contributed by atoms with Gasteiger partial charge in [0, 0.05) is 18.6 Å². The molecule has 0 bridgehead atoms. The Morgan fingerprint density at radius 2 is 2.14 bits per heavy atom. The van der Waals surface area contributed by atoms with Crippen LogP contribution in [0.25, 0.3) is 11.7 Å². The second-order valence-electron chi connectivity index (χ2n) is 5.22. The number of ketones is 1. The van der Waals surface area contributed by atoms with Crippen LogP contribution in [0.3, 0.4) is 0 Å². The van der Waals surface area contributed by atoms with E-state index in [2.05, 4.69) is 9.98 Å². The molecule has 3 rings (SSSR count). The lowest BCUT2D eigenvalue weighted by Gasteiger charge is -2.06. The van der Waals surface area contributed by atoms with Crippen LogP contribution in [-0.4, -0.2) is 21.4 Å². The molecule has 0 aromatic carbocycles. The number of carbonyl (C=O) groups is 1. The molecule has 0 fully saturated rings. The number of hydrogen-bond donors (Lipinski definition) is 0. The first-order valence-electron chi connectivity index (χ1n) is 7.28. The van der Waals surface area contributed by atoms with Crippen LogP contribution in [-0.2, 0) is 4.79 Å². The fraction of sp³-hybridized carbons (Fsp3) is 0.167. The molecule has 1 aliphatic heterocycles. The van der Waals surface area contributed by atoms with E-state index in [1.54, 1.807) is 18.2 Å². The van der Waals surface area contributed by atoms with Gasteiger partial charge >= 0.3 is 0 Å². The summed E-state index contributed by atoms with van der Waals surface area (Å²) in [7, 11) is 0. The Morgan fingerprint density at radius 1 is 1.27 bits per heavy atom. The lowest BCUT2D eigenvalue weighted by atomic mass is 10.1. The predicted molar refractivity (Wildman–Crippen MR) is 88.8 cm³/mol. The van der Waals surface area contributed by atoms with Crippen LogP contribution in [0.1, 0.15) is 25.5 Å². The van der Waals surface area contributed by atoms with Gasteiger partial charge in [0.1, 0.15) is 5.65 Å². The van der Waals surface area contributed by atoms with Crippen molar-refractivity contribution in [3.8, 4) is 0 Å². The number of pyridine rings is 1. The average Bonchev–Trinajstić information content (AvgIpc) is 2.95. The van der Waals surface area contributed by atoms with E-state index in [9.17, 15) is 4.79 Å². The molecule has 4 heteroatoms. The summed E-state index contributed by atoms with van der Waals surface area (Å²) in [6.45, 7) is 2.05. The summed E-state index contributed by atoms with van der Waals surface area (Å²) in [6, 6.07) is 5.80. The number of aliphatic imine (C=N–C) groups is 1. The van der Waals surface area contributed by atoms with E-state index in [1.165, 1.54) is 11.6 Å². The van der Waals surface area contributed by atoms with Crippen LogP contribution in [0, 0.1) is 0 Å². The van der Waals surface area contributed by atoms with Crippen LogP contribution >= 0.6 is 0 Å². The minimum absolute atomic E-state index is 0.0712. The molecule has 0 spiro atoms. The second-order valence-corrected chi connectivity index (χ2v) is 5.22. The molecule has 0 N–H and O–H groups in total. The first kappa shape index (κ1) is 14.2. The molecule has 0 aliphatic carbocycles. The maximum absolute atomic E-state index is 11.9. The van der Waals surface area contributed by atoms with Crippen molar-refractivity contribution in [2.45, 2.75) is 19.8 Å². The number of imidazole rings is 1. The Balaban J connectivity index is 1.69. The van der Waals surface area contributed by atoms with Crippen molar-refractivity contribution in [2.24, 2.45) is 4.99 Å². The summed E-state index contributed by atoms with van der Waals surface area (Å²) in [5.74, 6) is -0.0712. The normalized spacial score (nSPS) is 15.5. The molecule has 0 unspecified atom stereocenters. The summed E-state index contributed by atoms with van der Waals surface area (Å²) in [5, 5.41) is 0. The molecule has 22 heavy (non-hydrogen) atoms.